The zero-order valence-corrected chi connectivity index (χ0v) is 9.91. The maximum Gasteiger partial charge on any atom is 0.202 e. The van der Waals surface area contributed by atoms with Crippen molar-refractivity contribution in [2.45, 2.75) is 13.5 Å². The van der Waals surface area contributed by atoms with Gasteiger partial charge in [0, 0.05) is 12.4 Å². The van der Waals surface area contributed by atoms with Gasteiger partial charge in [-0.3, -0.25) is 14.5 Å². The molecule has 3 rings (SSSR count). The van der Waals surface area contributed by atoms with Crippen molar-refractivity contribution in [3.63, 3.8) is 0 Å². The number of nitrogen functional groups attached to an aromatic ring is 1. The first-order valence-electron chi connectivity index (χ1n) is 5.58. The van der Waals surface area contributed by atoms with Gasteiger partial charge in [0.1, 0.15) is 5.52 Å². The van der Waals surface area contributed by atoms with Crippen LogP contribution in [0.5, 0.6) is 0 Å². The first-order valence-corrected chi connectivity index (χ1v) is 5.58. The van der Waals surface area contributed by atoms with Crippen LogP contribution in [0.1, 0.15) is 11.4 Å². The molecule has 6 heteroatoms. The van der Waals surface area contributed by atoms with Gasteiger partial charge in [0.25, 0.3) is 0 Å². The molecule has 0 unspecified atom stereocenters. The molecule has 0 saturated carbocycles. The Morgan fingerprint density at radius 2 is 2.11 bits per heavy atom. The summed E-state index contributed by atoms with van der Waals surface area (Å²) < 4.78 is 1.83. The predicted octanol–water partition coefficient (Wildman–Crippen LogP) is 1.16. The van der Waals surface area contributed by atoms with Gasteiger partial charge in [-0.05, 0) is 19.1 Å². The van der Waals surface area contributed by atoms with Gasteiger partial charge in [-0.2, -0.15) is 0 Å². The van der Waals surface area contributed by atoms with Crippen molar-refractivity contribution < 1.29 is 0 Å². The van der Waals surface area contributed by atoms with Crippen LogP contribution in [0.2, 0.25) is 0 Å². The maximum absolute atomic E-state index is 5.89. The monoisotopic (exact) mass is 240 g/mol. The van der Waals surface area contributed by atoms with Crippen molar-refractivity contribution in [3.05, 3.63) is 42.1 Å². The fourth-order valence-corrected chi connectivity index (χ4v) is 1.79. The Labute approximate surface area is 104 Å². The lowest BCUT2D eigenvalue weighted by Crippen LogP contribution is -2.07. The smallest absolute Gasteiger partial charge is 0.202 e. The fourth-order valence-electron chi connectivity index (χ4n) is 1.79. The molecule has 0 radical (unpaired) electrons. The van der Waals surface area contributed by atoms with Crippen LogP contribution in [0.4, 0.5) is 5.95 Å². The molecular weight excluding hydrogens is 228 g/mol. The summed E-state index contributed by atoms with van der Waals surface area (Å²) in [5.41, 5.74) is 9.16. The van der Waals surface area contributed by atoms with E-state index in [0.29, 0.717) is 12.5 Å². The molecule has 18 heavy (non-hydrogen) atoms. The van der Waals surface area contributed by atoms with Gasteiger partial charge in [-0.15, -0.1) is 0 Å². The zero-order chi connectivity index (χ0) is 12.5. The van der Waals surface area contributed by atoms with Crippen LogP contribution in [-0.2, 0) is 6.54 Å². The van der Waals surface area contributed by atoms with Crippen LogP contribution in [0.15, 0.2) is 30.7 Å². The Bertz CT molecular complexity index is 685. The SMILES string of the molecule is Cc1cnc(Cn2c(N)nc3cccnc32)cn1. The summed E-state index contributed by atoms with van der Waals surface area (Å²) in [5, 5.41) is 0. The Balaban J connectivity index is 2.04. The zero-order valence-electron chi connectivity index (χ0n) is 9.91. The van der Waals surface area contributed by atoms with Crippen LogP contribution in [0, 0.1) is 6.92 Å². The van der Waals surface area contributed by atoms with Crippen LogP contribution >= 0.6 is 0 Å². The lowest BCUT2D eigenvalue weighted by molar-refractivity contribution is 0.790. The summed E-state index contributed by atoms with van der Waals surface area (Å²) in [7, 11) is 0. The minimum absolute atomic E-state index is 0.436. The Morgan fingerprint density at radius 1 is 1.22 bits per heavy atom. The normalized spacial score (nSPS) is 10.9. The van der Waals surface area contributed by atoms with Gasteiger partial charge in [0.05, 0.1) is 24.1 Å². The van der Waals surface area contributed by atoms with E-state index in [1.165, 1.54) is 0 Å². The Hall–Kier alpha value is -2.50. The molecule has 0 saturated heterocycles. The molecule has 2 N–H and O–H groups in total. The van der Waals surface area contributed by atoms with Crippen molar-refractivity contribution in [1.29, 1.82) is 0 Å². The molecule has 3 aromatic heterocycles. The van der Waals surface area contributed by atoms with E-state index in [0.717, 1.165) is 22.6 Å². The molecule has 3 aromatic rings. The van der Waals surface area contributed by atoms with Gasteiger partial charge in [-0.25, -0.2) is 9.97 Å². The number of nitrogens with zero attached hydrogens (tertiary/aromatic N) is 5. The first kappa shape index (κ1) is 10.6. The highest BCUT2D eigenvalue weighted by atomic mass is 15.2. The third-order valence-corrected chi connectivity index (χ3v) is 2.69. The Morgan fingerprint density at radius 3 is 2.89 bits per heavy atom. The number of fused-ring (bicyclic) bond motifs is 1. The highest BCUT2D eigenvalue weighted by Crippen LogP contribution is 2.15. The molecular formula is C12H12N6. The molecule has 0 bridgehead atoms. The second kappa shape index (κ2) is 4.06. The fraction of sp³-hybridized carbons (Fsp3) is 0.167. The molecule has 0 spiro atoms. The van der Waals surface area contributed by atoms with Crippen LogP contribution in [0.25, 0.3) is 11.2 Å². The molecule has 0 aliphatic heterocycles. The van der Waals surface area contributed by atoms with E-state index in [1.807, 2.05) is 23.6 Å². The van der Waals surface area contributed by atoms with Gasteiger partial charge >= 0.3 is 0 Å². The largest absolute Gasteiger partial charge is 0.369 e. The molecule has 0 fully saturated rings. The standard InChI is InChI=1S/C12H12N6/c1-8-5-16-9(6-15-8)7-18-11-10(17-12(18)13)3-2-4-14-11/h2-6H,7H2,1H3,(H2,13,17). The summed E-state index contributed by atoms with van der Waals surface area (Å²) in [6.45, 7) is 2.42. The number of rotatable bonds is 2. The summed E-state index contributed by atoms with van der Waals surface area (Å²) in [5.74, 6) is 0.436. The Kier molecular flexibility index (Phi) is 2.40. The minimum atomic E-state index is 0.436. The van der Waals surface area contributed by atoms with E-state index in [-0.39, 0.29) is 0 Å². The van der Waals surface area contributed by atoms with Crippen molar-refractivity contribution in [2.24, 2.45) is 0 Å². The van der Waals surface area contributed by atoms with E-state index in [2.05, 4.69) is 19.9 Å². The van der Waals surface area contributed by atoms with Gasteiger partial charge in [0.2, 0.25) is 5.95 Å². The molecule has 0 aromatic carbocycles. The maximum atomic E-state index is 5.89. The molecule has 0 atom stereocenters. The molecule has 3 heterocycles. The molecule has 0 aliphatic carbocycles. The summed E-state index contributed by atoms with van der Waals surface area (Å²) in [4.78, 5) is 17.1. The van der Waals surface area contributed by atoms with Crippen LogP contribution < -0.4 is 5.73 Å². The number of aryl methyl sites for hydroxylation is 1. The highest BCUT2D eigenvalue weighted by molar-refractivity contribution is 5.73. The van der Waals surface area contributed by atoms with E-state index in [9.17, 15) is 0 Å². The molecule has 6 nitrogen and oxygen atoms in total. The number of hydrogen-bond acceptors (Lipinski definition) is 5. The van der Waals surface area contributed by atoms with Crippen molar-refractivity contribution in [1.82, 2.24) is 24.5 Å². The lowest BCUT2D eigenvalue weighted by Gasteiger charge is -2.04. The van der Waals surface area contributed by atoms with Crippen molar-refractivity contribution in [2.75, 3.05) is 5.73 Å². The molecule has 0 aliphatic rings. The minimum Gasteiger partial charge on any atom is -0.369 e. The summed E-state index contributed by atoms with van der Waals surface area (Å²) in [6, 6.07) is 3.72. The number of pyridine rings is 1. The first-order chi connectivity index (χ1) is 8.74. The van der Waals surface area contributed by atoms with Gasteiger partial charge in [0.15, 0.2) is 5.65 Å². The third kappa shape index (κ3) is 1.77. The highest BCUT2D eigenvalue weighted by Gasteiger charge is 2.09. The average molecular weight is 240 g/mol. The predicted molar refractivity (Wildman–Crippen MR) is 67.8 cm³/mol. The molecule has 0 amide bonds. The topological polar surface area (TPSA) is 82.5 Å². The van der Waals surface area contributed by atoms with Gasteiger partial charge < -0.3 is 5.73 Å². The van der Waals surface area contributed by atoms with Crippen molar-refractivity contribution in [3.8, 4) is 0 Å². The number of anilines is 1. The number of aromatic nitrogens is 5. The average Bonchev–Trinajstić information content (AvgIpc) is 2.69. The second-order valence-corrected chi connectivity index (χ2v) is 4.05. The quantitative estimate of drug-likeness (QED) is 0.726. The van der Waals surface area contributed by atoms with E-state index < -0.39 is 0 Å². The van der Waals surface area contributed by atoms with Crippen LogP contribution in [0.3, 0.4) is 0 Å². The molecule has 90 valence electrons. The summed E-state index contributed by atoms with van der Waals surface area (Å²) in [6.07, 6.45) is 5.20. The lowest BCUT2D eigenvalue weighted by atomic mass is 10.4. The number of nitrogens with two attached hydrogens (primary N) is 1. The third-order valence-electron chi connectivity index (χ3n) is 2.69. The second-order valence-electron chi connectivity index (χ2n) is 4.05. The van der Waals surface area contributed by atoms with E-state index in [1.54, 1.807) is 18.6 Å². The summed E-state index contributed by atoms with van der Waals surface area (Å²) >= 11 is 0. The van der Waals surface area contributed by atoms with E-state index >= 15 is 0 Å². The number of hydrogen-bond donors (Lipinski definition) is 1. The number of imidazole rings is 1. The van der Waals surface area contributed by atoms with Gasteiger partial charge in [-0.1, -0.05) is 0 Å². The van der Waals surface area contributed by atoms with Crippen molar-refractivity contribution >= 4 is 17.1 Å². The van der Waals surface area contributed by atoms with E-state index in [4.69, 9.17) is 5.73 Å². The van der Waals surface area contributed by atoms with Crippen LogP contribution in [-0.4, -0.2) is 24.5 Å².